The molecule has 0 aliphatic carbocycles. The molecular weight excluding hydrogens is 302 g/mol. The number of carbonyl (C=O) groups is 1. The summed E-state index contributed by atoms with van der Waals surface area (Å²) in [6.45, 7) is 0. The molecule has 2 aromatic heterocycles. The van der Waals surface area contributed by atoms with E-state index < -0.39 is 6.09 Å². The van der Waals surface area contributed by atoms with E-state index in [-0.39, 0.29) is 0 Å². The molecule has 0 radical (unpaired) electrons. The maximum absolute atomic E-state index is 11.2. The lowest BCUT2D eigenvalue weighted by atomic mass is 10.2. The Morgan fingerprint density at radius 1 is 1.32 bits per heavy atom. The molecule has 1 aromatic carbocycles. The van der Waals surface area contributed by atoms with E-state index in [0.29, 0.717) is 21.8 Å². The highest BCUT2D eigenvalue weighted by Gasteiger charge is 2.15. The number of fused-ring (bicyclic) bond motifs is 1. The molecule has 0 saturated carbocycles. The normalized spacial score (nSPS) is 10.8. The highest BCUT2D eigenvalue weighted by molar-refractivity contribution is 7.98. The van der Waals surface area contributed by atoms with E-state index in [9.17, 15) is 9.90 Å². The Morgan fingerprint density at radius 2 is 2.09 bits per heavy atom. The largest absolute Gasteiger partial charge is 0.497 e. The van der Waals surface area contributed by atoms with E-state index >= 15 is 0 Å². The van der Waals surface area contributed by atoms with Crippen molar-refractivity contribution in [3.63, 3.8) is 0 Å². The smallest absolute Gasteiger partial charge is 0.432 e. The molecule has 0 aliphatic rings. The fourth-order valence-electron chi connectivity index (χ4n) is 2.04. The Kier molecular flexibility index (Phi) is 3.97. The number of methoxy groups -OCH3 is 1. The molecule has 6 nitrogen and oxygen atoms in total. The van der Waals surface area contributed by atoms with E-state index in [1.54, 1.807) is 25.4 Å². The number of hydrogen-bond acceptors (Lipinski definition) is 5. The Morgan fingerprint density at radius 3 is 2.77 bits per heavy atom. The Balaban J connectivity index is 1.85. The molecule has 0 atom stereocenters. The number of carboxylic acid groups (broad SMARTS) is 1. The predicted octanol–water partition coefficient (Wildman–Crippen LogP) is 3.26. The summed E-state index contributed by atoms with van der Waals surface area (Å²) in [7, 11) is 1.63. The molecule has 3 rings (SSSR count). The first-order chi connectivity index (χ1) is 10.7. The van der Waals surface area contributed by atoms with Gasteiger partial charge in [-0.1, -0.05) is 23.9 Å². The third-order valence-corrected chi connectivity index (χ3v) is 4.15. The van der Waals surface area contributed by atoms with Crippen molar-refractivity contribution in [2.45, 2.75) is 10.8 Å². The molecule has 22 heavy (non-hydrogen) atoms. The van der Waals surface area contributed by atoms with Crippen molar-refractivity contribution in [3.8, 4) is 5.75 Å². The van der Waals surface area contributed by atoms with Crippen LogP contribution in [-0.2, 0) is 5.75 Å². The molecule has 0 bridgehead atoms. The van der Waals surface area contributed by atoms with Crippen LogP contribution in [0.2, 0.25) is 0 Å². The zero-order valence-corrected chi connectivity index (χ0v) is 12.6. The fraction of sp³-hybridized carbons (Fsp3) is 0.133. The fourth-order valence-corrected chi connectivity index (χ4v) is 2.97. The van der Waals surface area contributed by atoms with Gasteiger partial charge in [-0.05, 0) is 29.8 Å². The molecule has 0 amide bonds. The highest BCUT2D eigenvalue weighted by atomic mass is 32.2. The van der Waals surface area contributed by atoms with Crippen molar-refractivity contribution >= 4 is 28.9 Å². The van der Waals surface area contributed by atoms with Gasteiger partial charge in [0.25, 0.3) is 0 Å². The SMILES string of the molecule is COc1ccc(CSc2nn(C(=O)O)c3cccnc23)cc1. The topological polar surface area (TPSA) is 77.2 Å². The van der Waals surface area contributed by atoms with Crippen LogP contribution in [0.5, 0.6) is 5.75 Å². The van der Waals surface area contributed by atoms with Crippen molar-refractivity contribution in [2.75, 3.05) is 7.11 Å². The molecule has 0 spiro atoms. The number of rotatable bonds is 4. The second-order valence-electron chi connectivity index (χ2n) is 4.51. The van der Waals surface area contributed by atoms with Crippen LogP contribution in [0.3, 0.4) is 0 Å². The minimum absolute atomic E-state index is 0.493. The van der Waals surface area contributed by atoms with Gasteiger partial charge in [-0.3, -0.25) is 4.98 Å². The van der Waals surface area contributed by atoms with E-state index in [1.807, 2.05) is 24.3 Å². The summed E-state index contributed by atoms with van der Waals surface area (Å²) in [5.74, 6) is 1.47. The summed E-state index contributed by atoms with van der Waals surface area (Å²) in [6, 6.07) is 11.1. The van der Waals surface area contributed by atoms with Gasteiger partial charge in [-0.15, -0.1) is 0 Å². The number of benzene rings is 1. The summed E-state index contributed by atoms with van der Waals surface area (Å²) < 4.78 is 6.08. The summed E-state index contributed by atoms with van der Waals surface area (Å²) in [5.41, 5.74) is 2.19. The minimum atomic E-state index is -1.12. The molecule has 0 fully saturated rings. The van der Waals surface area contributed by atoms with Gasteiger partial charge >= 0.3 is 6.09 Å². The van der Waals surface area contributed by atoms with E-state index in [4.69, 9.17) is 4.74 Å². The third kappa shape index (κ3) is 2.75. The van der Waals surface area contributed by atoms with Gasteiger partial charge in [0, 0.05) is 11.9 Å². The summed E-state index contributed by atoms with van der Waals surface area (Å²) in [4.78, 5) is 15.5. The predicted molar refractivity (Wildman–Crippen MR) is 83.5 cm³/mol. The average molecular weight is 315 g/mol. The van der Waals surface area contributed by atoms with Crippen LogP contribution >= 0.6 is 11.8 Å². The average Bonchev–Trinajstić information content (AvgIpc) is 2.92. The number of thioether (sulfide) groups is 1. The van der Waals surface area contributed by atoms with Gasteiger partial charge in [-0.2, -0.15) is 9.78 Å². The molecule has 0 unspecified atom stereocenters. The quantitative estimate of drug-likeness (QED) is 0.745. The lowest BCUT2D eigenvalue weighted by molar-refractivity contribution is 0.193. The van der Waals surface area contributed by atoms with Crippen molar-refractivity contribution in [2.24, 2.45) is 0 Å². The van der Waals surface area contributed by atoms with Crippen molar-refractivity contribution in [1.82, 2.24) is 14.8 Å². The Bertz CT molecular complexity index is 815. The van der Waals surface area contributed by atoms with Crippen LogP contribution in [0, 0.1) is 0 Å². The van der Waals surface area contributed by atoms with Gasteiger partial charge in [0.2, 0.25) is 0 Å². The lowest BCUT2D eigenvalue weighted by Crippen LogP contribution is -2.09. The van der Waals surface area contributed by atoms with Crippen molar-refractivity contribution < 1.29 is 14.6 Å². The molecule has 7 heteroatoms. The van der Waals surface area contributed by atoms with Gasteiger partial charge in [0.1, 0.15) is 21.8 Å². The summed E-state index contributed by atoms with van der Waals surface area (Å²) >= 11 is 1.46. The number of pyridine rings is 1. The van der Waals surface area contributed by atoms with E-state index in [1.165, 1.54) is 11.8 Å². The molecule has 3 aromatic rings. The zero-order chi connectivity index (χ0) is 15.5. The van der Waals surface area contributed by atoms with Crippen LogP contribution in [0.4, 0.5) is 4.79 Å². The summed E-state index contributed by atoms with van der Waals surface area (Å²) in [5, 5.41) is 13.9. The standard InChI is InChI=1S/C15H13N3O3S/c1-21-11-6-4-10(5-7-11)9-22-14-13-12(3-2-8-16-13)18(17-14)15(19)20/h2-8H,9H2,1H3,(H,19,20). The maximum atomic E-state index is 11.2. The van der Waals surface area contributed by atoms with Gasteiger partial charge < -0.3 is 9.84 Å². The van der Waals surface area contributed by atoms with Crippen LogP contribution in [0.25, 0.3) is 11.0 Å². The van der Waals surface area contributed by atoms with E-state index in [0.717, 1.165) is 16.0 Å². The van der Waals surface area contributed by atoms with Gasteiger partial charge in [0.05, 0.1) is 7.11 Å². The minimum Gasteiger partial charge on any atom is -0.497 e. The van der Waals surface area contributed by atoms with E-state index in [2.05, 4.69) is 10.1 Å². The molecule has 2 heterocycles. The number of nitrogens with zero attached hydrogens (tertiary/aromatic N) is 3. The molecule has 1 N–H and O–H groups in total. The van der Waals surface area contributed by atoms with Crippen LogP contribution in [-0.4, -0.2) is 33.1 Å². The first-order valence-electron chi connectivity index (χ1n) is 6.52. The second kappa shape index (κ2) is 6.07. The van der Waals surface area contributed by atoms with Gasteiger partial charge in [0.15, 0.2) is 0 Å². The first-order valence-corrected chi connectivity index (χ1v) is 7.50. The van der Waals surface area contributed by atoms with Crippen LogP contribution < -0.4 is 4.74 Å². The second-order valence-corrected chi connectivity index (χ2v) is 5.47. The number of ether oxygens (including phenoxy) is 1. The Labute approximate surface area is 130 Å². The Hall–Kier alpha value is -2.54. The first kappa shape index (κ1) is 14.4. The van der Waals surface area contributed by atoms with Crippen LogP contribution in [0.1, 0.15) is 5.56 Å². The number of hydrogen-bond donors (Lipinski definition) is 1. The maximum Gasteiger partial charge on any atom is 0.432 e. The molecule has 112 valence electrons. The van der Waals surface area contributed by atoms with Gasteiger partial charge in [-0.25, -0.2) is 4.79 Å². The van der Waals surface area contributed by atoms with Crippen molar-refractivity contribution in [1.29, 1.82) is 0 Å². The highest BCUT2D eigenvalue weighted by Crippen LogP contribution is 2.28. The van der Waals surface area contributed by atoms with Crippen molar-refractivity contribution in [3.05, 3.63) is 48.2 Å². The summed E-state index contributed by atoms with van der Waals surface area (Å²) in [6.07, 6.45) is 0.516. The lowest BCUT2D eigenvalue weighted by Gasteiger charge is -2.02. The zero-order valence-electron chi connectivity index (χ0n) is 11.8. The molecule has 0 saturated heterocycles. The van der Waals surface area contributed by atoms with Crippen LogP contribution in [0.15, 0.2) is 47.6 Å². The molecule has 0 aliphatic heterocycles. The number of aromatic nitrogens is 3. The third-order valence-electron chi connectivity index (χ3n) is 3.12. The molecular formula is C15H13N3O3S. The monoisotopic (exact) mass is 315 g/mol.